The zero-order chi connectivity index (χ0) is 15.8. The Bertz CT molecular complexity index is 676. The van der Waals surface area contributed by atoms with E-state index in [9.17, 15) is 4.79 Å². The number of allylic oxidation sites excluding steroid dienone is 1. The maximum absolute atomic E-state index is 11.8. The summed E-state index contributed by atoms with van der Waals surface area (Å²) in [4.78, 5) is 11.8. The number of hydrazone groups is 1. The zero-order valence-corrected chi connectivity index (χ0v) is 13.0. The van der Waals surface area contributed by atoms with E-state index in [2.05, 4.69) is 10.5 Å². The highest BCUT2D eigenvalue weighted by Gasteiger charge is 2.01. The van der Waals surface area contributed by atoms with Gasteiger partial charge in [0, 0.05) is 5.02 Å². The summed E-state index contributed by atoms with van der Waals surface area (Å²) in [5, 5.41) is 4.62. The minimum absolute atomic E-state index is 0.161. The van der Waals surface area contributed by atoms with Crippen molar-refractivity contribution in [1.82, 2.24) is 5.43 Å². The highest BCUT2D eigenvalue weighted by molar-refractivity contribution is 6.30. The molecule has 0 spiro atoms. The maximum Gasteiger partial charge on any atom is 0.244 e. The third-order valence-electron chi connectivity index (χ3n) is 2.93. The van der Waals surface area contributed by atoms with Gasteiger partial charge in [-0.1, -0.05) is 60.1 Å². The van der Waals surface area contributed by atoms with Gasteiger partial charge in [0.1, 0.15) is 0 Å². The van der Waals surface area contributed by atoms with Gasteiger partial charge in [-0.15, -0.1) is 0 Å². The number of carbonyl (C=O) groups excluding carboxylic acids is 1. The number of carbonyl (C=O) groups is 1. The molecule has 0 aromatic heterocycles. The maximum atomic E-state index is 11.8. The van der Waals surface area contributed by atoms with Crippen molar-refractivity contribution in [3.8, 4) is 0 Å². The smallest absolute Gasteiger partial charge is 0.244 e. The van der Waals surface area contributed by atoms with E-state index >= 15 is 0 Å². The quantitative estimate of drug-likeness (QED) is 0.655. The fourth-order valence-corrected chi connectivity index (χ4v) is 2.01. The monoisotopic (exact) mass is 312 g/mol. The summed E-state index contributed by atoms with van der Waals surface area (Å²) in [5.74, 6) is -0.161. The Morgan fingerprint density at radius 1 is 1.14 bits per heavy atom. The lowest BCUT2D eigenvalue weighted by molar-refractivity contribution is -0.120. The highest BCUT2D eigenvalue weighted by Crippen LogP contribution is 2.09. The Morgan fingerprint density at radius 2 is 1.82 bits per heavy atom. The first-order chi connectivity index (χ1) is 10.6. The molecule has 0 aliphatic carbocycles. The van der Waals surface area contributed by atoms with E-state index in [4.69, 9.17) is 11.6 Å². The van der Waals surface area contributed by atoms with Crippen molar-refractivity contribution in [2.24, 2.45) is 5.10 Å². The fraction of sp³-hybridized carbons (Fsp3) is 0.111. The van der Waals surface area contributed by atoms with Crippen molar-refractivity contribution in [3.05, 3.63) is 76.3 Å². The molecule has 1 N–H and O–H groups in total. The molecule has 2 aromatic rings. The summed E-state index contributed by atoms with van der Waals surface area (Å²) in [5.41, 5.74) is 5.47. The molecule has 0 fully saturated rings. The van der Waals surface area contributed by atoms with Crippen LogP contribution >= 0.6 is 11.6 Å². The Kier molecular flexibility index (Phi) is 5.92. The van der Waals surface area contributed by atoms with Gasteiger partial charge in [0.2, 0.25) is 5.91 Å². The van der Waals surface area contributed by atoms with Crippen LogP contribution in [0.25, 0.3) is 6.08 Å². The minimum Gasteiger partial charge on any atom is -0.273 e. The van der Waals surface area contributed by atoms with Crippen LogP contribution in [-0.4, -0.2) is 12.1 Å². The van der Waals surface area contributed by atoms with E-state index in [1.54, 1.807) is 18.3 Å². The Morgan fingerprint density at radius 3 is 2.50 bits per heavy atom. The van der Waals surface area contributed by atoms with Crippen LogP contribution in [0.15, 0.2) is 65.3 Å². The molecule has 112 valence electrons. The fourth-order valence-electron chi connectivity index (χ4n) is 1.88. The summed E-state index contributed by atoms with van der Waals surface area (Å²) >= 11 is 5.80. The van der Waals surface area contributed by atoms with E-state index < -0.39 is 0 Å². The third-order valence-corrected chi connectivity index (χ3v) is 3.18. The van der Waals surface area contributed by atoms with Crippen molar-refractivity contribution >= 4 is 29.8 Å². The third kappa shape index (κ3) is 5.54. The first kappa shape index (κ1) is 16.0. The molecule has 2 aromatic carbocycles. The van der Waals surface area contributed by atoms with Crippen LogP contribution in [0.5, 0.6) is 0 Å². The number of rotatable bonds is 5. The molecule has 0 aliphatic rings. The van der Waals surface area contributed by atoms with Crippen LogP contribution < -0.4 is 5.43 Å². The van der Waals surface area contributed by atoms with E-state index in [0.717, 1.165) is 16.7 Å². The second kappa shape index (κ2) is 8.15. The van der Waals surface area contributed by atoms with Gasteiger partial charge in [-0.2, -0.15) is 5.10 Å². The van der Waals surface area contributed by atoms with Gasteiger partial charge in [0.15, 0.2) is 0 Å². The predicted octanol–water partition coefficient (Wildman–Crippen LogP) is 4.09. The number of hydrogen-bond donors (Lipinski definition) is 1. The average molecular weight is 313 g/mol. The molecule has 0 atom stereocenters. The first-order valence-corrected chi connectivity index (χ1v) is 7.31. The van der Waals surface area contributed by atoms with Crippen molar-refractivity contribution in [2.75, 3.05) is 0 Å². The Labute approximate surface area is 135 Å². The highest BCUT2D eigenvalue weighted by atomic mass is 35.5. The van der Waals surface area contributed by atoms with Gasteiger partial charge in [0.25, 0.3) is 0 Å². The topological polar surface area (TPSA) is 41.5 Å². The molecule has 22 heavy (non-hydrogen) atoms. The molecule has 0 heterocycles. The number of nitrogens with zero attached hydrogens (tertiary/aromatic N) is 1. The van der Waals surface area contributed by atoms with Gasteiger partial charge >= 0.3 is 0 Å². The molecular weight excluding hydrogens is 296 g/mol. The number of halogens is 1. The molecule has 1 amide bonds. The van der Waals surface area contributed by atoms with E-state index in [1.165, 1.54) is 0 Å². The van der Waals surface area contributed by atoms with Crippen LogP contribution in [-0.2, 0) is 11.2 Å². The normalized spacial score (nSPS) is 11.6. The largest absolute Gasteiger partial charge is 0.273 e. The summed E-state index contributed by atoms with van der Waals surface area (Å²) in [6, 6.07) is 17.1. The van der Waals surface area contributed by atoms with Gasteiger partial charge in [-0.25, -0.2) is 5.43 Å². The van der Waals surface area contributed by atoms with Crippen LogP contribution in [0.1, 0.15) is 18.1 Å². The van der Waals surface area contributed by atoms with Crippen molar-refractivity contribution < 1.29 is 4.79 Å². The number of amides is 1. The van der Waals surface area contributed by atoms with E-state index in [1.807, 2.05) is 55.5 Å². The summed E-state index contributed by atoms with van der Waals surface area (Å²) < 4.78 is 0. The lowest BCUT2D eigenvalue weighted by Gasteiger charge is -2.00. The Hall–Kier alpha value is -2.39. The zero-order valence-electron chi connectivity index (χ0n) is 12.3. The number of nitrogens with one attached hydrogen (secondary N) is 1. The molecular formula is C18H17ClN2O. The first-order valence-electron chi connectivity index (χ1n) is 6.93. The minimum atomic E-state index is -0.161. The molecule has 0 radical (unpaired) electrons. The number of benzene rings is 2. The van der Waals surface area contributed by atoms with E-state index in [-0.39, 0.29) is 12.3 Å². The van der Waals surface area contributed by atoms with Crippen molar-refractivity contribution in [1.29, 1.82) is 0 Å². The average Bonchev–Trinajstić information content (AvgIpc) is 2.50. The summed E-state index contributed by atoms with van der Waals surface area (Å²) in [6.07, 6.45) is 3.90. The van der Waals surface area contributed by atoms with Crippen LogP contribution in [0.4, 0.5) is 0 Å². The number of hydrogen-bond acceptors (Lipinski definition) is 2. The predicted molar refractivity (Wildman–Crippen MR) is 91.9 cm³/mol. The molecule has 0 bridgehead atoms. The van der Waals surface area contributed by atoms with Gasteiger partial charge in [0.05, 0.1) is 12.6 Å². The second-order valence-corrected chi connectivity index (χ2v) is 5.33. The van der Waals surface area contributed by atoms with Crippen molar-refractivity contribution in [2.45, 2.75) is 13.3 Å². The molecule has 3 nitrogen and oxygen atoms in total. The van der Waals surface area contributed by atoms with Crippen LogP contribution in [0.3, 0.4) is 0 Å². The summed E-state index contributed by atoms with van der Waals surface area (Å²) in [6.45, 7) is 1.93. The molecule has 0 unspecified atom stereocenters. The molecule has 0 aliphatic heterocycles. The van der Waals surface area contributed by atoms with E-state index in [0.29, 0.717) is 5.02 Å². The second-order valence-electron chi connectivity index (χ2n) is 4.90. The molecule has 2 rings (SSSR count). The molecule has 0 saturated carbocycles. The van der Waals surface area contributed by atoms with Gasteiger partial charge < -0.3 is 0 Å². The Balaban J connectivity index is 1.85. The molecule has 4 heteroatoms. The van der Waals surface area contributed by atoms with Crippen LogP contribution in [0, 0.1) is 0 Å². The lowest BCUT2D eigenvalue weighted by atomic mass is 10.1. The summed E-state index contributed by atoms with van der Waals surface area (Å²) in [7, 11) is 0. The standard InChI is InChI=1S/C18H17ClN2O/c1-14(11-15-5-3-2-4-6-15)13-20-21-18(22)12-16-7-9-17(19)10-8-16/h2-11,13H,12H2,1H3,(H,21,22)/b14-11+,20-13-. The van der Waals surface area contributed by atoms with Gasteiger partial charge in [-0.3, -0.25) is 4.79 Å². The molecule has 0 saturated heterocycles. The SMILES string of the molecule is CC(/C=N\NC(=O)Cc1ccc(Cl)cc1)=C\c1ccccc1. The lowest BCUT2D eigenvalue weighted by Crippen LogP contribution is -2.19. The van der Waals surface area contributed by atoms with Crippen LogP contribution in [0.2, 0.25) is 5.02 Å². The van der Waals surface area contributed by atoms with Crippen molar-refractivity contribution in [3.63, 3.8) is 0 Å². The van der Waals surface area contributed by atoms with Gasteiger partial charge in [-0.05, 0) is 35.8 Å².